The van der Waals surface area contributed by atoms with E-state index in [2.05, 4.69) is 24.8 Å². The van der Waals surface area contributed by atoms with E-state index in [4.69, 9.17) is 4.74 Å². The van der Waals surface area contributed by atoms with Gasteiger partial charge in [0, 0.05) is 25.3 Å². The molecule has 1 unspecified atom stereocenters. The SMILES string of the molecule is CCN(Cc1cc(C)ccc1O)CC1CCCO1. The molecule has 1 aliphatic rings. The third kappa shape index (κ3) is 3.47. The van der Waals surface area contributed by atoms with Gasteiger partial charge in [0.1, 0.15) is 5.75 Å². The van der Waals surface area contributed by atoms with Crippen molar-refractivity contribution < 1.29 is 9.84 Å². The maximum atomic E-state index is 9.88. The molecule has 3 nitrogen and oxygen atoms in total. The summed E-state index contributed by atoms with van der Waals surface area (Å²) in [4.78, 5) is 2.34. The summed E-state index contributed by atoms with van der Waals surface area (Å²) in [5, 5.41) is 9.88. The average molecular weight is 249 g/mol. The molecule has 2 rings (SSSR count). The minimum absolute atomic E-state index is 0.372. The minimum Gasteiger partial charge on any atom is -0.508 e. The van der Waals surface area contributed by atoms with Gasteiger partial charge in [0.25, 0.3) is 0 Å². The second-order valence-corrected chi connectivity index (χ2v) is 5.09. The second-order valence-electron chi connectivity index (χ2n) is 5.09. The highest BCUT2D eigenvalue weighted by atomic mass is 16.5. The fourth-order valence-electron chi connectivity index (χ4n) is 2.46. The van der Waals surface area contributed by atoms with Gasteiger partial charge in [0.2, 0.25) is 0 Å². The van der Waals surface area contributed by atoms with Crippen LogP contribution in [-0.4, -0.2) is 35.8 Å². The van der Waals surface area contributed by atoms with Crippen molar-refractivity contribution in [1.29, 1.82) is 0 Å². The first-order chi connectivity index (χ1) is 8.69. The number of hydrogen-bond donors (Lipinski definition) is 1. The topological polar surface area (TPSA) is 32.7 Å². The Balaban J connectivity index is 1.98. The number of aryl methyl sites for hydroxylation is 1. The van der Waals surface area contributed by atoms with E-state index in [0.717, 1.165) is 38.2 Å². The Morgan fingerprint density at radius 3 is 2.94 bits per heavy atom. The van der Waals surface area contributed by atoms with Crippen molar-refractivity contribution in [3.63, 3.8) is 0 Å². The molecule has 0 bridgehead atoms. The van der Waals surface area contributed by atoms with E-state index in [1.165, 1.54) is 12.0 Å². The smallest absolute Gasteiger partial charge is 0.120 e. The molecule has 0 amide bonds. The lowest BCUT2D eigenvalue weighted by atomic mass is 10.1. The molecule has 18 heavy (non-hydrogen) atoms. The Hall–Kier alpha value is -1.06. The largest absolute Gasteiger partial charge is 0.508 e. The van der Waals surface area contributed by atoms with Crippen LogP contribution in [0.1, 0.15) is 30.9 Å². The minimum atomic E-state index is 0.372. The zero-order valence-electron chi connectivity index (χ0n) is 11.4. The number of aromatic hydroxyl groups is 1. The molecule has 1 saturated heterocycles. The Morgan fingerprint density at radius 2 is 2.28 bits per heavy atom. The normalized spacial score (nSPS) is 19.6. The quantitative estimate of drug-likeness (QED) is 0.871. The van der Waals surface area contributed by atoms with Crippen LogP contribution in [0.4, 0.5) is 0 Å². The maximum absolute atomic E-state index is 9.88. The van der Waals surface area contributed by atoms with Crippen LogP contribution in [0, 0.1) is 6.92 Å². The lowest BCUT2D eigenvalue weighted by Crippen LogP contribution is -2.31. The van der Waals surface area contributed by atoms with Gasteiger partial charge < -0.3 is 9.84 Å². The number of phenols is 1. The molecule has 1 aromatic rings. The summed E-state index contributed by atoms with van der Waals surface area (Å²) in [6.07, 6.45) is 2.71. The molecule has 1 fully saturated rings. The molecule has 0 spiro atoms. The van der Waals surface area contributed by atoms with Gasteiger partial charge in [0.15, 0.2) is 0 Å². The maximum Gasteiger partial charge on any atom is 0.120 e. The van der Waals surface area contributed by atoms with Crippen LogP contribution in [0.25, 0.3) is 0 Å². The predicted octanol–water partition coefficient (Wildman–Crippen LogP) is 2.70. The van der Waals surface area contributed by atoms with Crippen molar-refractivity contribution in [2.24, 2.45) is 0 Å². The Labute approximate surface area is 109 Å². The van der Waals surface area contributed by atoms with Crippen LogP contribution >= 0.6 is 0 Å². The number of benzene rings is 1. The number of phenolic OH excluding ortho intramolecular Hbond substituents is 1. The van der Waals surface area contributed by atoms with Crippen LogP contribution < -0.4 is 0 Å². The monoisotopic (exact) mass is 249 g/mol. The molecule has 0 aliphatic carbocycles. The molecule has 0 saturated carbocycles. The summed E-state index contributed by atoms with van der Waals surface area (Å²) in [7, 11) is 0. The van der Waals surface area contributed by atoms with Crippen molar-refractivity contribution in [1.82, 2.24) is 4.90 Å². The highest BCUT2D eigenvalue weighted by Crippen LogP contribution is 2.21. The first-order valence-electron chi connectivity index (χ1n) is 6.81. The van der Waals surface area contributed by atoms with Gasteiger partial charge >= 0.3 is 0 Å². The number of nitrogens with zero attached hydrogens (tertiary/aromatic N) is 1. The summed E-state index contributed by atoms with van der Waals surface area (Å²) in [5.74, 6) is 0.395. The molecular formula is C15H23NO2. The van der Waals surface area contributed by atoms with Crippen molar-refractivity contribution in [3.05, 3.63) is 29.3 Å². The first kappa shape index (κ1) is 13.4. The molecule has 1 aliphatic heterocycles. The molecule has 1 atom stereocenters. The zero-order chi connectivity index (χ0) is 13.0. The fourth-order valence-corrected chi connectivity index (χ4v) is 2.46. The van der Waals surface area contributed by atoms with E-state index >= 15 is 0 Å². The van der Waals surface area contributed by atoms with Crippen LogP contribution in [0.15, 0.2) is 18.2 Å². The molecule has 1 aromatic carbocycles. The molecule has 1 N–H and O–H groups in total. The van der Waals surface area contributed by atoms with Crippen molar-refractivity contribution in [2.75, 3.05) is 19.7 Å². The summed E-state index contributed by atoms with van der Waals surface area (Å²) >= 11 is 0. The fraction of sp³-hybridized carbons (Fsp3) is 0.600. The van der Waals surface area contributed by atoms with E-state index in [9.17, 15) is 5.11 Å². The Kier molecular flexibility index (Phi) is 4.61. The van der Waals surface area contributed by atoms with Crippen LogP contribution in [-0.2, 0) is 11.3 Å². The van der Waals surface area contributed by atoms with Crippen molar-refractivity contribution >= 4 is 0 Å². The number of ether oxygens (including phenoxy) is 1. The lowest BCUT2D eigenvalue weighted by Gasteiger charge is -2.24. The van der Waals surface area contributed by atoms with Crippen LogP contribution in [0.3, 0.4) is 0 Å². The van der Waals surface area contributed by atoms with Crippen molar-refractivity contribution in [2.45, 2.75) is 39.3 Å². The molecular weight excluding hydrogens is 226 g/mol. The highest BCUT2D eigenvalue weighted by Gasteiger charge is 2.19. The number of likely N-dealkylation sites (N-methyl/N-ethyl adjacent to an activating group) is 1. The van der Waals surface area contributed by atoms with Gasteiger partial charge in [-0.25, -0.2) is 0 Å². The van der Waals surface area contributed by atoms with E-state index in [-0.39, 0.29) is 0 Å². The van der Waals surface area contributed by atoms with Gasteiger partial charge in [-0.1, -0.05) is 24.6 Å². The Bertz CT molecular complexity index is 386. The predicted molar refractivity (Wildman–Crippen MR) is 72.8 cm³/mol. The standard InChI is InChI=1S/C15H23NO2/c1-3-16(11-14-5-4-8-18-14)10-13-9-12(2)6-7-15(13)17/h6-7,9,14,17H,3-5,8,10-11H2,1-2H3. The molecule has 3 heteroatoms. The molecule has 0 aromatic heterocycles. The average Bonchev–Trinajstić information content (AvgIpc) is 2.85. The lowest BCUT2D eigenvalue weighted by molar-refractivity contribution is 0.0722. The van der Waals surface area contributed by atoms with Gasteiger partial charge in [-0.2, -0.15) is 0 Å². The van der Waals surface area contributed by atoms with Gasteiger partial charge in [-0.05, 0) is 32.4 Å². The molecule has 0 radical (unpaired) electrons. The number of rotatable bonds is 5. The first-order valence-corrected chi connectivity index (χ1v) is 6.81. The van der Waals surface area contributed by atoms with Gasteiger partial charge in [-0.15, -0.1) is 0 Å². The van der Waals surface area contributed by atoms with E-state index < -0.39 is 0 Å². The van der Waals surface area contributed by atoms with Crippen LogP contribution in [0.2, 0.25) is 0 Å². The highest BCUT2D eigenvalue weighted by molar-refractivity contribution is 5.35. The zero-order valence-corrected chi connectivity index (χ0v) is 11.4. The van der Waals surface area contributed by atoms with Crippen LogP contribution in [0.5, 0.6) is 5.75 Å². The summed E-state index contributed by atoms with van der Waals surface area (Å²) in [6.45, 7) is 7.85. The van der Waals surface area contributed by atoms with Gasteiger partial charge in [0.05, 0.1) is 6.10 Å². The summed E-state index contributed by atoms with van der Waals surface area (Å²) < 4.78 is 5.67. The summed E-state index contributed by atoms with van der Waals surface area (Å²) in [6, 6.07) is 5.78. The third-order valence-electron chi connectivity index (χ3n) is 3.56. The van der Waals surface area contributed by atoms with Gasteiger partial charge in [-0.3, -0.25) is 4.90 Å². The molecule has 1 heterocycles. The molecule has 100 valence electrons. The van der Waals surface area contributed by atoms with E-state index in [1.807, 2.05) is 6.07 Å². The van der Waals surface area contributed by atoms with E-state index in [1.54, 1.807) is 6.07 Å². The third-order valence-corrected chi connectivity index (χ3v) is 3.56. The Morgan fingerprint density at radius 1 is 1.44 bits per heavy atom. The van der Waals surface area contributed by atoms with E-state index in [0.29, 0.717) is 11.9 Å². The van der Waals surface area contributed by atoms with Crippen molar-refractivity contribution in [3.8, 4) is 5.75 Å². The summed E-state index contributed by atoms with van der Waals surface area (Å²) in [5.41, 5.74) is 2.20. The number of hydrogen-bond acceptors (Lipinski definition) is 3. The second kappa shape index (κ2) is 6.21.